The number of carbonyl (C=O) groups is 2. The van der Waals surface area contributed by atoms with Crippen LogP contribution in [0.1, 0.15) is 31.4 Å². The fourth-order valence-corrected chi connectivity index (χ4v) is 6.47. The topological polar surface area (TPSA) is 96.0 Å². The molecule has 0 aliphatic carbocycles. The zero-order valence-corrected chi connectivity index (χ0v) is 27.2. The van der Waals surface area contributed by atoms with Gasteiger partial charge in [0.2, 0.25) is 11.8 Å². The van der Waals surface area contributed by atoms with Crippen LogP contribution in [0.15, 0.2) is 114 Å². The third-order valence-electron chi connectivity index (χ3n) is 7.48. The highest BCUT2D eigenvalue weighted by molar-refractivity contribution is 7.92. The van der Waals surface area contributed by atoms with Gasteiger partial charge in [-0.25, -0.2) is 8.42 Å². The Kier molecular flexibility index (Phi) is 11.6. The lowest BCUT2D eigenvalue weighted by Gasteiger charge is -2.34. The summed E-state index contributed by atoms with van der Waals surface area (Å²) in [6, 6.07) is 29.8. The Morgan fingerprint density at radius 3 is 2.09 bits per heavy atom. The number of amides is 2. The van der Waals surface area contributed by atoms with Crippen molar-refractivity contribution in [2.45, 2.75) is 50.2 Å². The third kappa shape index (κ3) is 8.86. The molecule has 0 fully saturated rings. The number of methoxy groups -OCH3 is 1. The van der Waals surface area contributed by atoms with Gasteiger partial charge in [0.15, 0.2) is 0 Å². The van der Waals surface area contributed by atoms with Gasteiger partial charge in [0.05, 0.1) is 17.7 Å². The van der Waals surface area contributed by atoms with E-state index in [-0.39, 0.29) is 35.5 Å². The van der Waals surface area contributed by atoms with Gasteiger partial charge in [0.1, 0.15) is 18.3 Å². The molecule has 10 heteroatoms. The van der Waals surface area contributed by atoms with Crippen LogP contribution in [0.5, 0.6) is 5.75 Å². The minimum Gasteiger partial charge on any atom is -0.497 e. The standard InChI is InChI=1S/C35H38ClN3O5S/c1-4-26(2)37-35(41)33(23-27-12-7-5-8-13-27)38(24-28-14-11-15-29(36)22-28)34(40)25-39(30-18-20-31(44-3)21-19-30)45(42,43)32-16-9-6-10-17-32/h5-22,26,33H,4,23-25H2,1-3H3,(H,37,41). The number of ether oxygens (including phenoxy) is 1. The number of carbonyl (C=O) groups excluding carboxylic acids is 2. The monoisotopic (exact) mass is 647 g/mol. The van der Waals surface area contributed by atoms with Crippen LogP contribution in [0.2, 0.25) is 5.02 Å². The average Bonchev–Trinajstić information content (AvgIpc) is 3.06. The molecule has 0 saturated heterocycles. The first kappa shape index (κ1) is 33.6. The molecule has 4 rings (SSSR count). The van der Waals surface area contributed by atoms with E-state index in [0.717, 1.165) is 9.87 Å². The molecular weight excluding hydrogens is 610 g/mol. The van der Waals surface area contributed by atoms with Crippen molar-refractivity contribution in [2.24, 2.45) is 0 Å². The van der Waals surface area contributed by atoms with Crippen molar-refractivity contribution in [1.82, 2.24) is 10.2 Å². The molecule has 0 spiro atoms. The molecule has 2 unspecified atom stereocenters. The van der Waals surface area contributed by atoms with Gasteiger partial charge in [-0.15, -0.1) is 0 Å². The van der Waals surface area contributed by atoms with Crippen molar-refractivity contribution in [3.8, 4) is 5.75 Å². The van der Waals surface area contributed by atoms with Crippen LogP contribution in [0.3, 0.4) is 0 Å². The van der Waals surface area contributed by atoms with Crippen molar-refractivity contribution in [1.29, 1.82) is 0 Å². The molecular formula is C35H38ClN3O5S. The lowest BCUT2D eigenvalue weighted by Crippen LogP contribution is -2.54. The largest absolute Gasteiger partial charge is 0.497 e. The summed E-state index contributed by atoms with van der Waals surface area (Å²) in [4.78, 5) is 29.9. The molecule has 0 bridgehead atoms. The van der Waals surface area contributed by atoms with E-state index in [9.17, 15) is 18.0 Å². The van der Waals surface area contributed by atoms with Crippen molar-refractivity contribution in [2.75, 3.05) is 18.0 Å². The Bertz CT molecular complexity index is 1670. The van der Waals surface area contributed by atoms with Crippen LogP contribution in [0.25, 0.3) is 0 Å². The minimum atomic E-state index is -4.19. The van der Waals surface area contributed by atoms with E-state index >= 15 is 0 Å². The van der Waals surface area contributed by atoms with E-state index < -0.39 is 28.5 Å². The van der Waals surface area contributed by atoms with Crippen LogP contribution >= 0.6 is 11.6 Å². The SMILES string of the molecule is CCC(C)NC(=O)C(Cc1ccccc1)N(Cc1cccc(Cl)c1)C(=O)CN(c1ccc(OC)cc1)S(=O)(=O)c1ccccc1. The molecule has 0 aliphatic heterocycles. The molecule has 0 heterocycles. The van der Waals surface area contributed by atoms with Crippen LogP contribution in [0, 0.1) is 0 Å². The first-order valence-electron chi connectivity index (χ1n) is 14.7. The molecule has 236 valence electrons. The molecule has 4 aromatic rings. The summed E-state index contributed by atoms with van der Waals surface area (Å²) >= 11 is 6.30. The lowest BCUT2D eigenvalue weighted by atomic mass is 10.0. The number of sulfonamides is 1. The quantitative estimate of drug-likeness (QED) is 0.179. The highest BCUT2D eigenvalue weighted by Gasteiger charge is 2.35. The van der Waals surface area contributed by atoms with Gasteiger partial charge in [-0.05, 0) is 73.0 Å². The van der Waals surface area contributed by atoms with E-state index in [2.05, 4.69) is 5.32 Å². The Hall–Kier alpha value is -4.34. The molecule has 0 saturated carbocycles. The van der Waals surface area contributed by atoms with Crippen molar-refractivity contribution >= 4 is 39.1 Å². The molecule has 0 aromatic heterocycles. The number of nitrogens with one attached hydrogen (secondary N) is 1. The van der Waals surface area contributed by atoms with Gasteiger partial charge in [-0.1, -0.05) is 79.2 Å². The predicted molar refractivity (Wildman–Crippen MR) is 178 cm³/mol. The van der Waals surface area contributed by atoms with Crippen LogP contribution in [-0.2, 0) is 32.6 Å². The molecule has 0 radical (unpaired) electrons. The van der Waals surface area contributed by atoms with Gasteiger partial charge in [-0.3, -0.25) is 13.9 Å². The summed E-state index contributed by atoms with van der Waals surface area (Å²) in [7, 11) is -2.67. The summed E-state index contributed by atoms with van der Waals surface area (Å²) in [5.74, 6) is -0.342. The lowest BCUT2D eigenvalue weighted by molar-refractivity contribution is -0.140. The van der Waals surface area contributed by atoms with E-state index in [1.54, 1.807) is 60.7 Å². The van der Waals surface area contributed by atoms with Crippen molar-refractivity contribution in [3.63, 3.8) is 0 Å². The zero-order chi connectivity index (χ0) is 32.4. The first-order chi connectivity index (χ1) is 21.6. The second kappa shape index (κ2) is 15.6. The Morgan fingerprint density at radius 1 is 0.867 bits per heavy atom. The summed E-state index contributed by atoms with van der Waals surface area (Å²) in [6.45, 7) is 3.35. The van der Waals surface area contributed by atoms with Crippen LogP contribution < -0.4 is 14.4 Å². The van der Waals surface area contributed by atoms with Crippen LogP contribution in [-0.4, -0.2) is 50.9 Å². The zero-order valence-electron chi connectivity index (χ0n) is 25.6. The fourth-order valence-electron chi connectivity index (χ4n) is 4.82. The third-order valence-corrected chi connectivity index (χ3v) is 9.51. The van der Waals surface area contributed by atoms with Gasteiger partial charge in [-0.2, -0.15) is 0 Å². The Labute approximate surface area is 270 Å². The number of benzene rings is 4. The molecule has 8 nitrogen and oxygen atoms in total. The fraction of sp³-hybridized carbons (Fsp3) is 0.257. The highest BCUT2D eigenvalue weighted by atomic mass is 35.5. The minimum absolute atomic E-state index is 0.0327. The van der Waals surface area contributed by atoms with Crippen molar-refractivity contribution < 1.29 is 22.7 Å². The maximum absolute atomic E-state index is 14.5. The van der Waals surface area contributed by atoms with Crippen LogP contribution in [0.4, 0.5) is 5.69 Å². The average molecular weight is 648 g/mol. The number of hydrogen-bond donors (Lipinski definition) is 1. The first-order valence-corrected chi connectivity index (χ1v) is 16.5. The number of hydrogen-bond acceptors (Lipinski definition) is 5. The molecule has 45 heavy (non-hydrogen) atoms. The maximum atomic E-state index is 14.5. The van der Waals surface area contributed by atoms with Gasteiger partial charge >= 0.3 is 0 Å². The summed E-state index contributed by atoms with van der Waals surface area (Å²) in [6.07, 6.45) is 0.927. The van der Waals surface area contributed by atoms with Crippen molar-refractivity contribution in [3.05, 3.63) is 125 Å². The van der Waals surface area contributed by atoms with E-state index in [1.165, 1.54) is 24.1 Å². The maximum Gasteiger partial charge on any atom is 0.264 e. The van der Waals surface area contributed by atoms with Gasteiger partial charge < -0.3 is 15.0 Å². The highest BCUT2D eigenvalue weighted by Crippen LogP contribution is 2.27. The number of rotatable bonds is 14. The van der Waals surface area contributed by atoms with Gasteiger partial charge in [0.25, 0.3) is 10.0 Å². The van der Waals surface area contributed by atoms with E-state index in [4.69, 9.17) is 16.3 Å². The van der Waals surface area contributed by atoms with E-state index in [1.807, 2.05) is 50.2 Å². The molecule has 1 N–H and O–H groups in total. The second-order valence-electron chi connectivity index (χ2n) is 10.7. The molecule has 2 atom stereocenters. The Morgan fingerprint density at radius 2 is 1.49 bits per heavy atom. The smallest absolute Gasteiger partial charge is 0.264 e. The van der Waals surface area contributed by atoms with E-state index in [0.29, 0.717) is 22.8 Å². The predicted octanol–water partition coefficient (Wildman–Crippen LogP) is 6.10. The summed E-state index contributed by atoms with van der Waals surface area (Å²) < 4.78 is 34.5. The second-order valence-corrected chi connectivity index (χ2v) is 13.0. The molecule has 0 aliphatic rings. The molecule has 2 amide bonds. The number of halogens is 1. The summed E-state index contributed by atoms with van der Waals surface area (Å²) in [5.41, 5.74) is 1.83. The molecule has 4 aromatic carbocycles. The van der Waals surface area contributed by atoms with Gasteiger partial charge in [0, 0.05) is 24.0 Å². The normalized spacial score (nSPS) is 12.5. The number of nitrogens with zero attached hydrogens (tertiary/aromatic N) is 2. The summed E-state index contributed by atoms with van der Waals surface area (Å²) in [5, 5.41) is 3.51. The Balaban J connectivity index is 1.80. The number of anilines is 1.